The third kappa shape index (κ3) is 4.11. The van der Waals surface area contributed by atoms with Crippen LogP contribution in [0.15, 0.2) is 60.0 Å². The van der Waals surface area contributed by atoms with Crippen molar-refractivity contribution in [2.75, 3.05) is 0 Å². The molecule has 2 aromatic carbocycles. The number of aryl methyl sites for hydroxylation is 1. The average Bonchev–Trinajstić information content (AvgIpc) is 3.09. The number of nitrogens with zero attached hydrogens (tertiary/aromatic N) is 3. The fourth-order valence-corrected chi connectivity index (χ4v) is 3.56. The number of thioether (sulfide) groups is 1. The summed E-state index contributed by atoms with van der Waals surface area (Å²) in [6, 6.07) is 15.2. The Hall–Kier alpha value is -2.11. The van der Waals surface area contributed by atoms with Crippen molar-refractivity contribution in [1.82, 2.24) is 14.8 Å². The Morgan fingerprint density at radius 1 is 1.24 bits per heavy atom. The van der Waals surface area contributed by atoms with Crippen LogP contribution in [-0.2, 0) is 6.42 Å². The van der Waals surface area contributed by atoms with E-state index in [9.17, 15) is 4.79 Å². The predicted octanol–water partition coefficient (Wildman–Crippen LogP) is 4.85. The van der Waals surface area contributed by atoms with Crippen LogP contribution in [0.4, 0.5) is 0 Å². The smallest absolute Gasteiger partial charge is 0.196 e. The number of halogens is 1. The molecule has 3 rings (SSSR count). The van der Waals surface area contributed by atoms with Crippen LogP contribution in [0, 0.1) is 0 Å². The van der Waals surface area contributed by atoms with E-state index in [4.69, 9.17) is 11.6 Å². The van der Waals surface area contributed by atoms with Crippen LogP contribution in [0.1, 0.15) is 29.8 Å². The zero-order valence-electron chi connectivity index (χ0n) is 14.0. The van der Waals surface area contributed by atoms with Gasteiger partial charge in [-0.2, -0.15) is 0 Å². The zero-order chi connectivity index (χ0) is 17.8. The van der Waals surface area contributed by atoms with Crippen molar-refractivity contribution in [1.29, 1.82) is 0 Å². The van der Waals surface area contributed by atoms with Gasteiger partial charge in [0.25, 0.3) is 0 Å². The monoisotopic (exact) mass is 371 g/mol. The molecule has 4 nitrogen and oxygen atoms in total. The fraction of sp³-hybridized carbons (Fsp3) is 0.211. The Kier molecular flexibility index (Phi) is 5.56. The molecule has 0 spiro atoms. The lowest BCUT2D eigenvalue weighted by molar-refractivity contribution is 0.0994. The minimum Gasteiger partial charge on any atom is -0.293 e. The summed E-state index contributed by atoms with van der Waals surface area (Å²) in [6.07, 6.45) is 2.59. The first-order chi connectivity index (χ1) is 12.1. The van der Waals surface area contributed by atoms with Gasteiger partial charge in [0.05, 0.1) is 10.9 Å². The van der Waals surface area contributed by atoms with Crippen LogP contribution in [0.5, 0.6) is 0 Å². The fourth-order valence-electron chi connectivity index (χ4n) is 2.46. The largest absolute Gasteiger partial charge is 0.293 e. The number of rotatable bonds is 6. The normalized spacial score (nSPS) is 12.1. The lowest BCUT2D eigenvalue weighted by Crippen LogP contribution is -2.14. The van der Waals surface area contributed by atoms with Gasteiger partial charge in [0.15, 0.2) is 10.9 Å². The van der Waals surface area contributed by atoms with Gasteiger partial charge in [-0.15, -0.1) is 10.2 Å². The van der Waals surface area contributed by atoms with Crippen LogP contribution in [0.3, 0.4) is 0 Å². The highest BCUT2D eigenvalue weighted by Gasteiger charge is 2.20. The van der Waals surface area contributed by atoms with Crippen molar-refractivity contribution in [2.24, 2.45) is 0 Å². The van der Waals surface area contributed by atoms with Crippen molar-refractivity contribution in [2.45, 2.75) is 30.7 Å². The van der Waals surface area contributed by atoms with Crippen LogP contribution >= 0.6 is 23.4 Å². The summed E-state index contributed by atoms with van der Waals surface area (Å²) in [5.41, 5.74) is 2.80. The van der Waals surface area contributed by atoms with Crippen LogP contribution < -0.4 is 0 Å². The first-order valence-corrected chi connectivity index (χ1v) is 9.30. The molecule has 0 amide bonds. The Labute approximate surface area is 156 Å². The van der Waals surface area contributed by atoms with Crippen LogP contribution in [-0.4, -0.2) is 25.8 Å². The van der Waals surface area contributed by atoms with E-state index in [-0.39, 0.29) is 11.0 Å². The summed E-state index contributed by atoms with van der Waals surface area (Å²) < 4.78 is 1.83. The van der Waals surface area contributed by atoms with Gasteiger partial charge in [-0.05, 0) is 37.1 Å². The van der Waals surface area contributed by atoms with Crippen molar-refractivity contribution < 1.29 is 4.79 Å². The van der Waals surface area contributed by atoms with Gasteiger partial charge in [-0.25, -0.2) is 0 Å². The molecule has 0 N–H and O–H groups in total. The van der Waals surface area contributed by atoms with E-state index >= 15 is 0 Å². The van der Waals surface area contributed by atoms with E-state index in [1.165, 1.54) is 17.3 Å². The van der Waals surface area contributed by atoms with Crippen molar-refractivity contribution in [3.63, 3.8) is 0 Å². The lowest BCUT2D eigenvalue weighted by Gasteiger charge is -2.11. The molecule has 128 valence electrons. The minimum atomic E-state index is -0.269. The first kappa shape index (κ1) is 17.7. The lowest BCUT2D eigenvalue weighted by atomic mass is 10.1. The second-order valence-electron chi connectivity index (χ2n) is 5.64. The molecule has 0 aliphatic heterocycles. The van der Waals surface area contributed by atoms with Gasteiger partial charge >= 0.3 is 0 Å². The van der Waals surface area contributed by atoms with Gasteiger partial charge in [0.2, 0.25) is 0 Å². The van der Waals surface area contributed by atoms with Gasteiger partial charge < -0.3 is 0 Å². The average molecular weight is 372 g/mol. The summed E-state index contributed by atoms with van der Waals surface area (Å²) in [5, 5.41) is 9.15. The Balaban J connectivity index is 1.78. The summed E-state index contributed by atoms with van der Waals surface area (Å²) in [5.74, 6) is 0.0771. The number of hydrogen-bond donors (Lipinski definition) is 0. The molecule has 0 saturated heterocycles. The molecular weight excluding hydrogens is 354 g/mol. The molecule has 6 heteroatoms. The third-order valence-electron chi connectivity index (χ3n) is 3.90. The van der Waals surface area contributed by atoms with Gasteiger partial charge in [0.1, 0.15) is 6.33 Å². The molecule has 1 atom stereocenters. The zero-order valence-corrected chi connectivity index (χ0v) is 15.6. The van der Waals surface area contributed by atoms with Crippen LogP contribution in [0.25, 0.3) is 5.69 Å². The first-order valence-electron chi connectivity index (χ1n) is 8.04. The highest BCUT2D eigenvalue weighted by molar-refractivity contribution is 8.00. The molecule has 0 radical (unpaired) electrons. The van der Waals surface area contributed by atoms with E-state index in [0.29, 0.717) is 15.7 Å². The molecule has 3 aromatic rings. The maximum absolute atomic E-state index is 12.7. The second-order valence-corrected chi connectivity index (χ2v) is 7.38. The molecule has 0 bridgehead atoms. The minimum absolute atomic E-state index is 0.0771. The maximum Gasteiger partial charge on any atom is 0.196 e. The van der Waals surface area contributed by atoms with E-state index in [0.717, 1.165) is 12.1 Å². The molecule has 0 aliphatic carbocycles. The molecule has 0 saturated carbocycles. The van der Waals surface area contributed by atoms with Crippen molar-refractivity contribution in [3.8, 4) is 5.69 Å². The van der Waals surface area contributed by atoms with E-state index in [1.54, 1.807) is 6.33 Å². The maximum atomic E-state index is 12.7. The molecule has 0 aliphatic rings. The molecule has 0 fully saturated rings. The van der Waals surface area contributed by atoms with E-state index in [1.807, 2.05) is 60.0 Å². The molecule has 1 aromatic heterocycles. The predicted molar refractivity (Wildman–Crippen MR) is 102 cm³/mol. The number of hydrogen-bond acceptors (Lipinski definition) is 4. The quantitative estimate of drug-likeness (QED) is 0.459. The number of ketones is 1. The Morgan fingerprint density at radius 3 is 2.68 bits per heavy atom. The highest BCUT2D eigenvalue weighted by atomic mass is 35.5. The van der Waals surface area contributed by atoms with Crippen molar-refractivity contribution >= 4 is 29.1 Å². The molecular formula is C19H18ClN3OS. The Morgan fingerprint density at radius 2 is 2.00 bits per heavy atom. The summed E-state index contributed by atoms with van der Waals surface area (Å²) in [4.78, 5) is 12.7. The molecule has 1 heterocycles. The van der Waals surface area contributed by atoms with Gasteiger partial charge in [0, 0.05) is 10.6 Å². The molecule has 25 heavy (non-hydrogen) atoms. The highest BCUT2D eigenvalue weighted by Crippen LogP contribution is 2.27. The van der Waals surface area contributed by atoms with Crippen LogP contribution in [0.2, 0.25) is 5.02 Å². The number of carbonyl (C=O) groups is 1. The third-order valence-corrected chi connectivity index (χ3v) is 5.19. The molecule has 0 unspecified atom stereocenters. The number of Topliss-reactive ketones (excluding diaryl/α,β-unsaturated/α-hetero) is 1. The van der Waals surface area contributed by atoms with Crippen molar-refractivity contribution in [3.05, 3.63) is 71.0 Å². The van der Waals surface area contributed by atoms with Gasteiger partial charge in [-0.3, -0.25) is 9.36 Å². The Bertz CT molecular complexity index is 876. The topological polar surface area (TPSA) is 47.8 Å². The number of carbonyl (C=O) groups excluding carboxylic acids is 1. The number of aromatic nitrogens is 3. The van der Waals surface area contributed by atoms with E-state index in [2.05, 4.69) is 17.1 Å². The standard InChI is InChI=1S/C19H18ClN3OS/c1-3-14-7-9-15(10-8-14)18(24)13(2)25-19-22-21-12-23(19)17-6-4-5-16(20)11-17/h4-13H,3H2,1-2H3/t13-/m0/s1. The van der Waals surface area contributed by atoms with E-state index < -0.39 is 0 Å². The number of benzene rings is 2. The SMILES string of the molecule is CCc1ccc(C(=O)[C@H](C)Sc2nncn2-c2cccc(Cl)c2)cc1. The second kappa shape index (κ2) is 7.85. The summed E-state index contributed by atoms with van der Waals surface area (Å²) >= 11 is 7.45. The summed E-state index contributed by atoms with van der Waals surface area (Å²) in [7, 11) is 0. The summed E-state index contributed by atoms with van der Waals surface area (Å²) in [6.45, 7) is 3.98. The van der Waals surface area contributed by atoms with Gasteiger partial charge in [-0.1, -0.05) is 60.6 Å².